The van der Waals surface area contributed by atoms with Crippen LogP contribution >= 0.6 is 0 Å². The Kier molecular flexibility index (Phi) is 3.93. The summed E-state index contributed by atoms with van der Waals surface area (Å²) in [5, 5.41) is 9.16. The van der Waals surface area contributed by atoms with Crippen molar-refractivity contribution < 1.29 is 19.5 Å². The molecule has 2 aromatic carbocycles. The average molecular weight is 309 g/mol. The molecule has 0 aromatic heterocycles. The zero-order valence-electron chi connectivity index (χ0n) is 12.3. The molecule has 116 valence electrons. The normalized spacial score (nSPS) is 14.7. The summed E-state index contributed by atoms with van der Waals surface area (Å²) in [6.07, 6.45) is 0.0406. The molecule has 1 aliphatic heterocycles. The number of imide groups is 1. The molecule has 5 nitrogen and oxygen atoms in total. The lowest BCUT2D eigenvalue weighted by Crippen LogP contribution is -2.42. The van der Waals surface area contributed by atoms with Crippen molar-refractivity contribution in [1.29, 1.82) is 0 Å². The van der Waals surface area contributed by atoms with E-state index >= 15 is 0 Å². The van der Waals surface area contributed by atoms with Gasteiger partial charge in [0.2, 0.25) is 0 Å². The highest BCUT2D eigenvalue weighted by molar-refractivity contribution is 6.21. The molecule has 2 aromatic rings. The van der Waals surface area contributed by atoms with E-state index in [9.17, 15) is 14.4 Å². The van der Waals surface area contributed by atoms with Gasteiger partial charge in [0.25, 0.3) is 11.8 Å². The number of hydrogen-bond donors (Lipinski definition) is 1. The van der Waals surface area contributed by atoms with Crippen LogP contribution in [0, 0.1) is 0 Å². The number of carboxylic acid groups (broad SMARTS) is 1. The Morgan fingerprint density at radius 2 is 1.43 bits per heavy atom. The average Bonchev–Trinajstić information content (AvgIpc) is 2.79. The first-order valence-electron chi connectivity index (χ1n) is 7.30. The Hall–Kier alpha value is -2.95. The number of nitrogens with zero attached hydrogens (tertiary/aromatic N) is 1. The molecule has 0 fully saturated rings. The van der Waals surface area contributed by atoms with Crippen LogP contribution in [0.4, 0.5) is 0 Å². The molecule has 0 radical (unpaired) electrons. The molecule has 1 atom stereocenters. The fraction of sp³-hybridized carbons (Fsp3) is 0.167. The van der Waals surface area contributed by atoms with Crippen molar-refractivity contribution in [2.75, 3.05) is 0 Å². The molecule has 0 bridgehead atoms. The molecule has 3 rings (SSSR count). The van der Waals surface area contributed by atoms with Crippen LogP contribution < -0.4 is 0 Å². The Morgan fingerprint density at radius 3 is 1.96 bits per heavy atom. The predicted molar refractivity (Wildman–Crippen MR) is 83.1 cm³/mol. The van der Waals surface area contributed by atoms with Crippen LogP contribution in [0.15, 0.2) is 54.6 Å². The predicted octanol–water partition coefficient (Wildman–Crippen LogP) is 2.37. The van der Waals surface area contributed by atoms with E-state index in [0.717, 1.165) is 10.5 Å². The van der Waals surface area contributed by atoms with Crippen molar-refractivity contribution >= 4 is 17.8 Å². The van der Waals surface area contributed by atoms with Crippen LogP contribution in [0.3, 0.4) is 0 Å². The number of benzene rings is 2. The first kappa shape index (κ1) is 15.0. The number of amides is 2. The highest BCUT2D eigenvalue weighted by Gasteiger charge is 2.40. The van der Waals surface area contributed by atoms with E-state index in [1.165, 1.54) is 0 Å². The summed E-state index contributed by atoms with van der Waals surface area (Å²) in [5.74, 6) is -1.89. The van der Waals surface area contributed by atoms with Crippen molar-refractivity contribution in [3.63, 3.8) is 0 Å². The Labute approximate surface area is 133 Å². The van der Waals surface area contributed by atoms with Crippen molar-refractivity contribution in [3.05, 3.63) is 71.3 Å². The second-order valence-corrected chi connectivity index (χ2v) is 5.47. The molecule has 1 aliphatic rings. The molecule has 2 amide bonds. The summed E-state index contributed by atoms with van der Waals surface area (Å²) in [4.78, 5) is 37.3. The van der Waals surface area contributed by atoms with Crippen LogP contribution in [0.1, 0.15) is 32.7 Å². The van der Waals surface area contributed by atoms with Gasteiger partial charge in [0.05, 0.1) is 23.6 Å². The standard InChI is InChI=1S/C18H15NO4/c20-16(21)11-13(10-12-6-2-1-3-7-12)19-17(22)14-8-4-5-9-15(14)18(19)23/h1-9,13H,10-11H2,(H,20,21)/t13-/m1/s1. The number of carboxylic acids is 1. The summed E-state index contributed by atoms with van der Waals surface area (Å²) < 4.78 is 0. The van der Waals surface area contributed by atoms with Gasteiger partial charge in [-0.05, 0) is 24.1 Å². The minimum absolute atomic E-state index is 0.277. The second kappa shape index (κ2) is 6.04. The lowest BCUT2D eigenvalue weighted by molar-refractivity contribution is -0.137. The molecule has 0 saturated heterocycles. The smallest absolute Gasteiger partial charge is 0.305 e. The van der Waals surface area contributed by atoms with E-state index in [4.69, 9.17) is 5.11 Å². The number of carbonyl (C=O) groups is 3. The van der Waals surface area contributed by atoms with Crippen molar-refractivity contribution in [2.45, 2.75) is 18.9 Å². The Morgan fingerprint density at radius 1 is 0.913 bits per heavy atom. The lowest BCUT2D eigenvalue weighted by Gasteiger charge is -2.25. The molecular weight excluding hydrogens is 294 g/mol. The zero-order valence-corrected chi connectivity index (χ0v) is 12.3. The topological polar surface area (TPSA) is 74.7 Å². The van der Waals surface area contributed by atoms with E-state index in [1.807, 2.05) is 30.3 Å². The Bertz CT molecular complexity index is 735. The second-order valence-electron chi connectivity index (χ2n) is 5.47. The molecule has 1 heterocycles. The number of fused-ring (bicyclic) bond motifs is 1. The Balaban J connectivity index is 1.93. The largest absolute Gasteiger partial charge is 0.481 e. The minimum Gasteiger partial charge on any atom is -0.481 e. The van der Waals surface area contributed by atoms with Gasteiger partial charge in [0.1, 0.15) is 0 Å². The van der Waals surface area contributed by atoms with Crippen molar-refractivity contribution in [3.8, 4) is 0 Å². The first-order valence-corrected chi connectivity index (χ1v) is 7.30. The summed E-state index contributed by atoms with van der Waals surface area (Å²) in [6.45, 7) is 0. The molecule has 23 heavy (non-hydrogen) atoms. The molecule has 5 heteroatoms. The molecule has 0 spiro atoms. The monoisotopic (exact) mass is 309 g/mol. The van der Waals surface area contributed by atoms with Gasteiger partial charge in [-0.2, -0.15) is 0 Å². The first-order chi connectivity index (χ1) is 11.1. The summed E-state index contributed by atoms with van der Waals surface area (Å²) >= 11 is 0. The lowest BCUT2D eigenvalue weighted by atomic mass is 10.0. The van der Waals surface area contributed by atoms with Crippen LogP contribution in [0.5, 0.6) is 0 Å². The van der Waals surface area contributed by atoms with Crippen molar-refractivity contribution in [1.82, 2.24) is 4.90 Å². The fourth-order valence-corrected chi connectivity index (χ4v) is 2.88. The molecular formula is C18H15NO4. The summed E-state index contributed by atoms with van der Waals surface area (Å²) in [6, 6.07) is 15.1. The van der Waals surface area contributed by atoms with Gasteiger partial charge in [0, 0.05) is 0 Å². The van der Waals surface area contributed by atoms with Gasteiger partial charge in [-0.15, -0.1) is 0 Å². The minimum atomic E-state index is -1.04. The maximum Gasteiger partial charge on any atom is 0.305 e. The van der Waals surface area contributed by atoms with E-state index in [2.05, 4.69) is 0 Å². The number of carbonyl (C=O) groups excluding carboxylic acids is 2. The number of aliphatic carboxylic acids is 1. The SMILES string of the molecule is O=C(O)C[C@@H](Cc1ccccc1)N1C(=O)c2ccccc2C1=O. The van der Waals surface area contributed by atoms with Gasteiger partial charge in [0.15, 0.2) is 0 Å². The quantitative estimate of drug-likeness (QED) is 0.860. The molecule has 0 saturated carbocycles. The van der Waals surface area contributed by atoms with E-state index in [-0.39, 0.29) is 6.42 Å². The number of hydrogen-bond acceptors (Lipinski definition) is 3. The zero-order chi connectivity index (χ0) is 16.4. The maximum atomic E-state index is 12.5. The van der Waals surface area contributed by atoms with E-state index in [1.54, 1.807) is 24.3 Å². The van der Waals surface area contributed by atoms with Gasteiger partial charge < -0.3 is 5.11 Å². The fourth-order valence-electron chi connectivity index (χ4n) is 2.88. The maximum absolute atomic E-state index is 12.5. The van der Waals surface area contributed by atoms with Crippen LogP contribution in [-0.2, 0) is 11.2 Å². The van der Waals surface area contributed by atoms with Gasteiger partial charge in [-0.25, -0.2) is 0 Å². The van der Waals surface area contributed by atoms with E-state index in [0.29, 0.717) is 17.5 Å². The summed E-state index contributed by atoms with van der Waals surface area (Å²) in [7, 11) is 0. The van der Waals surface area contributed by atoms with Crippen LogP contribution in [-0.4, -0.2) is 33.8 Å². The van der Waals surface area contributed by atoms with Crippen LogP contribution in [0.2, 0.25) is 0 Å². The third kappa shape index (κ3) is 2.85. The highest BCUT2D eigenvalue weighted by atomic mass is 16.4. The molecule has 0 unspecified atom stereocenters. The third-order valence-electron chi connectivity index (χ3n) is 3.92. The van der Waals surface area contributed by atoms with Crippen LogP contribution in [0.25, 0.3) is 0 Å². The summed E-state index contributed by atoms with van der Waals surface area (Å²) in [5.41, 5.74) is 1.55. The van der Waals surface area contributed by atoms with Gasteiger partial charge >= 0.3 is 5.97 Å². The van der Waals surface area contributed by atoms with E-state index < -0.39 is 23.8 Å². The highest BCUT2D eigenvalue weighted by Crippen LogP contribution is 2.27. The van der Waals surface area contributed by atoms with Gasteiger partial charge in [-0.1, -0.05) is 42.5 Å². The molecule has 1 N–H and O–H groups in total. The van der Waals surface area contributed by atoms with Crippen molar-refractivity contribution in [2.24, 2.45) is 0 Å². The number of rotatable bonds is 5. The molecule has 0 aliphatic carbocycles. The van der Waals surface area contributed by atoms with Gasteiger partial charge in [-0.3, -0.25) is 19.3 Å². The third-order valence-corrected chi connectivity index (χ3v) is 3.92.